The summed E-state index contributed by atoms with van der Waals surface area (Å²) < 4.78 is 23.3. The van der Waals surface area contributed by atoms with E-state index in [1.165, 1.54) is 11.0 Å². The zero-order chi connectivity index (χ0) is 20.3. The molecule has 1 unspecified atom stereocenters. The van der Waals surface area contributed by atoms with E-state index in [4.69, 9.17) is 5.26 Å². The molecule has 1 atom stereocenters. The SMILES string of the molecule is CN(C(=O)c1cccc(C(=O)Nc2ccc(C#N)cc2)c1)C1CCS(=O)(=O)C1. The van der Waals surface area contributed by atoms with E-state index in [1.54, 1.807) is 49.5 Å². The van der Waals surface area contributed by atoms with Gasteiger partial charge in [-0.15, -0.1) is 0 Å². The molecule has 1 N–H and O–H groups in total. The molecule has 0 saturated carbocycles. The summed E-state index contributed by atoms with van der Waals surface area (Å²) in [5.41, 5.74) is 1.65. The molecule has 0 spiro atoms. The molecule has 2 amide bonds. The van der Waals surface area contributed by atoms with Gasteiger partial charge in [-0.3, -0.25) is 9.59 Å². The second-order valence-corrected chi connectivity index (χ2v) is 8.93. The molecule has 1 fully saturated rings. The van der Waals surface area contributed by atoms with E-state index < -0.39 is 9.84 Å². The molecule has 2 aromatic carbocycles. The van der Waals surface area contributed by atoms with Gasteiger partial charge in [0.15, 0.2) is 9.84 Å². The molecule has 8 heteroatoms. The Labute approximate surface area is 163 Å². The zero-order valence-electron chi connectivity index (χ0n) is 15.3. The third-order valence-electron chi connectivity index (χ3n) is 4.72. The first-order valence-electron chi connectivity index (χ1n) is 8.68. The largest absolute Gasteiger partial charge is 0.338 e. The van der Waals surface area contributed by atoms with Crippen LogP contribution in [0.25, 0.3) is 0 Å². The highest BCUT2D eigenvalue weighted by Crippen LogP contribution is 2.19. The summed E-state index contributed by atoms with van der Waals surface area (Å²) >= 11 is 0. The summed E-state index contributed by atoms with van der Waals surface area (Å²) in [6.45, 7) is 0. The number of hydrogen-bond donors (Lipinski definition) is 1. The van der Waals surface area contributed by atoms with Crippen molar-refractivity contribution < 1.29 is 18.0 Å². The van der Waals surface area contributed by atoms with Gasteiger partial charge in [-0.25, -0.2) is 8.42 Å². The maximum Gasteiger partial charge on any atom is 0.255 e. The van der Waals surface area contributed by atoms with Crippen molar-refractivity contribution in [3.05, 3.63) is 65.2 Å². The number of nitrogens with one attached hydrogen (secondary N) is 1. The fraction of sp³-hybridized carbons (Fsp3) is 0.250. The molecule has 1 saturated heterocycles. The first-order chi connectivity index (χ1) is 13.3. The van der Waals surface area contributed by atoms with Gasteiger partial charge in [-0.2, -0.15) is 5.26 Å². The lowest BCUT2D eigenvalue weighted by atomic mass is 10.1. The van der Waals surface area contributed by atoms with Crippen LogP contribution in [0.5, 0.6) is 0 Å². The average Bonchev–Trinajstić information content (AvgIpc) is 3.07. The second-order valence-electron chi connectivity index (χ2n) is 6.70. The first-order valence-corrected chi connectivity index (χ1v) is 10.5. The van der Waals surface area contributed by atoms with Crippen molar-refractivity contribution in [2.75, 3.05) is 23.9 Å². The van der Waals surface area contributed by atoms with E-state index >= 15 is 0 Å². The van der Waals surface area contributed by atoms with Crippen molar-refractivity contribution in [2.45, 2.75) is 12.5 Å². The van der Waals surface area contributed by atoms with Crippen LogP contribution >= 0.6 is 0 Å². The Morgan fingerprint density at radius 1 is 1.14 bits per heavy atom. The lowest BCUT2D eigenvalue weighted by Gasteiger charge is -2.23. The van der Waals surface area contributed by atoms with Crippen molar-refractivity contribution in [1.29, 1.82) is 5.26 Å². The molecule has 0 aliphatic carbocycles. The van der Waals surface area contributed by atoms with Gasteiger partial charge in [0.25, 0.3) is 11.8 Å². The van der Waals surface area contributed by atoms with Crippen LogP contribution in [0.1, 0.15) is 32.7 Å². The van der Waals surface area contributed by atoms with Crippen molar-refractivity contribution in [1.82, 2.24) is 4.90 Å². The van der Waals surface area contributed by atoms with Crippen LogP contribution in [-0.2, 0) is 9.84 Å². The lowest BCUT2D eigenvalue weighted by Crippen LogP contribution is -2.37. The van der Waals surface area contributed by atoms with Gasteiger partial charge in [-0.1, -0.05) is 6.07 Å². The Morgan fingerprint density at radius 3 is 2.43 bits per heavy atom. The summed E-state index contributed by atoms with van der Waals surface area (Å²) in [5.74, 6) is -0.656. The van der Waals surface area contributed by atoms with Crippen LogP contribution in [0.4, 0.5) is 5.69 Å². The average molecular weight is 397 g/mol. The predicted octanol–water partition coefficient (Wildman–Crippen LogP) is 2.07. The monoisotopic (exact) mass is 397 g/mol. The number of amides is 2. The molecule has 1 aliphatic heterocycles. The van der Waals surface area contributed by atoms with Crippen LogP contribution in [0.15, 0.2) is 48.5 Å². The summed E-state index contributed by atoms with van der Waals surface area (Å²) in [6, 6.07) is 14.4. The minimum Gasteiger partial charge on any atom is -0.338 e. The van der Waals surface area contributed by atoms with Gasteiger partial charge < -0.3 is 10.2 Å². The molecule has 0 aromatic heterocycles. The number of nitriles is 1. The highest BCUT2D eigenvalue weighted by Gasteiger charge is 2.33. The highest BCUT2D eigenvalue weighted by molar-refractivity contribution is 7.91. The lowest BCUT2D eigenvalue weighted by molar-refractivity contribution is 0.0747. The van der Waals surface area contributed by atoms with Crippen LogP contribution in [0.3, 0.4) is 0 Å². The minimum absolute atomic E-state index is 0.0336. The van der Waals surface area contributed by atoms with E-state index in [0.717, 1.165) is 0 Å². The number of rotatable bonds is 4. The summed E-state index contributed by atoms with van der Waals surface area (Å²) in [7, 11) is -1.51. The van der Waals surface area contributed by atoms with Gasteiger partial charge in [0, 0.05) is 29.9 Å². The number of anilines is 1. The minimum atomic E-state index is -3.10. The molecular weight excluding hydrogens is 378 g/mol. The van der Waals surface area contributed by atoms with Crippen molar-refractivity contribution in [3.63, 3.8) is 0 Å². The number of carbonyl (C=O) groups excluding carboxylic acids is 2. The Kier molecular flexibility index (Phi) is 5.47. The molecule has 28 heavy (non-hydrogen) atoms. The number of hydrogen-bond acceptors (Lipinski definition) is 5. The van der Waals surface area contributed by atoms with Gasteiger partial charge in [0.1, 0.15) is 0 Å². The van der Waals surface area contributed by atoms with E-state index in [0.29, 0.717) is 28.8 Å². The third-order valence-corrected chi connectivity index (χ3v) is 6.47. The van der Waals surface area contributed by atoms with Crippen LogP contribution in [0.2, 0.25) is 0 Å². The second kappa shape index (κ2) is 7.82. The highest BCUT2D eigenvalue weighted by atomic mass is 32.2. The van der Waals surface area contributed by atoms with Gasteiger partial charge in [-0.05, 0) is 48.9 Å². The molecule has 0 radical (unpaired) electrons. The Bertz CT molecular complexity index is 1060. The molecule has 2 aromatic rings. The quantitative estimate of drug-likeness (QED) is 0.850. The van der Waals surface area contributed by atoms with E-state index in [9.17, 15) is 18.0 Å². The van der Waals surface area contributed by atoms with Crippen LogP contribution in [-0.4, -0.2) is 49.7 Å². The molecule has 1 aliphatic rings. The number of nitrogens with zero attached hydrogens (tertiary/aromatic N) is 2. The fourth-order valence-corrected chi connectivity index (χ4v) is 4.85. The summed E-state index contributed by atoms with van der Waals surface area (Å²) in [6.07, 6.45) is 0.420. The van der Waals surface area contributed by atoms with E-state index in [1.807, 2.05) is 6.07 Å². The number of sulfone groups is 1. The van der Waals surface area contributed by atoms with Crippen molar-refractivity contribution in [3.8, 4) is 6.07 Å². The van der Waals surface area contributed by atoms with Crippen molar-refractivity contribution in [2.24, 2.45) is 0 Å². The number of benzene rings is 2. The zero-order valence-corrected chi connectivity index (χ0v) is 16.1. The fourth-order valence-electron chi connectivity index (χ4n) is 3.08. The molecule has 7 nitrogen and oxygen atoms in total. The summed E-state index contributed by atoms with van der Waals surface area (Å²) in [5, 5.41) is 11.5. The standard InChI is InChI=1S/C20H19N3O4S/c1-23(18-9-10-28(26,27)13-18)20(25)16-4-2-3-15(11-16)19(24)22-17-7-5-14(12-21)6-8-17/h2-8,11,18H,9-10,13H2,1H3,(H,22,24). The molecule has 1 heterocycles. The molecule has 144 valence electrons. The maximum atomic E-state index is 12.7. The molecule has 0 bridgehead atoms. The molecular formula is C20H19N3O4S. The van der Waals surface area contributed by atoms with Gasteiger partial charge in [0.2, 0.25) is 0 Å². The van der Waals surface area contributed by atoms with Gasteiger partial charge >= 0.3 is 0 Å². The molecule has 3 rings (SSSR count). The van der Waals surface area contributed by atoms with E-state index in [2.05, 4.69) is 5.32 Å². The van der Waals surface area contributed by atoms with Crippen LogP contribution < -0.4 is 5.32 Å². The van der Waals surface area contributed by atoms with Crippen LogP contribution in [0, 0.1) is 11.3 Å². The predicted molar refractivity (Wildman–Crippen MR) is 105 cm³/mol. The Hall–Kier alpha value is -3.18. The third kappa shape index (κ3) is 4.38. The Balaban J connectivity index is 1.73. The topological polar surface area (TPSA) is 107 Å². The first kappa shape index (κ1) is 19.6. The normalized spacial score (nSPS) is 17.5. The van der Waals surface area contributed by atoms with E-state index in [-0.39, 0.29) is 29.4 Å². The van der Waals surface area contributed by atoms with Crippen molar-refractivity contribution >= 4 is 27.3 Å². The Morgan fingerprint density at radius 2 is 1.82 bits per heavy atom. The van der Waals surface area contributed by atoms with Gasteiger partial charge in [0.05, 0.1) is 23.1 Å². The maximum absolute atomic E-state index is 12.7. The smallest absolute Gasteiger partial charge is 0.255 e. The summed E-state index contributed by atoms with van der Waals surface area (Å²) in [4.78, 5) is 26.6. The number of carbonyl (C=O) groups is 2.